The van der Waals surface area contributed by atoms with Crippen molar-refractivity contribution in [3.05, 3.63) is 0 Å². The molecule has 7 heteroatoms. The van der Waals surface area contributed by atoms with E-state index in [4.69, 9.17) is 5.11 Å². The maximum atomic E-state index is 12.2. The Morgan fingerprint density at radius 2 is 1.04 bits per heavy atom. The van der Waals surface area contributed by atoms with Crippen LogP contribution < -0.4 is 0 Å². The fourth-order valence-electron chi connectivity index (χ4n) is 0.106. The van der Waals surface area contributed by atoms with E-state index in [9.17, 15) is 22.0 Å². The Hall–Kier alpha value is -1.39. The van der Waals surface area contributed by atoms with Crippen LogP contribution in [-0.4, -0.2) is 38.7 Å². The number of hydrogen-bond acceptors (Lipinski definition) is 1. The number of aliphatic hydroxyl groups is 1. The first-order valence-corrected chi connectivity index (χ1v) is 5.14. The van der Waals surface area contributed by atoms with Gasteiger partial charge in [0.15, 0.2) is 6.86 Å². The predicted molar refractivity (Wildman–Crippen MR) is 102 cm³/mol. The van der Waals surface area contributed by atoms with Crippen LogP contribution in [0.1, 0.15) is 78.7 Å². The van der Waals surface area contributed by atoms with Crippen molar-refractivity contribution in [2.75, 3.05) is 27.4 Å². The quantitative estimate of drug-likeness (QED) is 0.313. The van der Waals surface area contributed by atoms with E-state index in [1.807, 2.05) is 0 Å². The SMILES string of the molecule is C.C.C.C.C.C.CC(F)C(C)(C)CF.CCCF.CF.OCF.[Rf]. The summed E-state index contributed by atoms with van der Waals surface area (Å²) in [5, 5.41) is 6.90. The molecule has 0 spiro atoms. The first kappa shape index (κ1) is 78.3. The molecule has 0 aromatic rings. The fraction of sp³-hybridized carbons (Fsp3) is 1.00. The molecule has 1 unspecified atom stereocenters. The number of halogens is 5. The summed E-state index contributed by atoms with van der Waals surface area (Å²) in [7, 11) is 0.500. The van der Waals surface area contributed by atoms with E-state index in [-0.39, 0.29) is 51.2 Å². The molecule has 0 heterocycles. The zero-order chi connectivity index (χ0) is 14.9. The Morgan fingerprint density at radius 3 is 1.04 bits per heavy atom. The fourth-order valence-corrected chi connectivity index (χ4v) is 0.106. The van der Waals surface area contributed by atoms with Gasteiger partial charge in [-0.1, -0.05) is 65.3 Å². The molecule has 0 aliphatic carbocycles. The molecule has 0 rings (SSSR count). The number of aliphatic hydroxyl groups excluding tert-OH is 1. The molecule has 0 saturated heterocycles. The van der Waals surface area contributed by atoms with Crippen molar-refractivity contribution in [3.8, 4) is 0 Å². The molecule has 0 aromatic carbocycles. The van der Waals surface area contributed by atoms with Crippen molar-refractivity contribution < 1.29 is 27.1 Å². The zero-order valence-corrected chi connectivity index (χ0v) is 18.3. The van der Waals surface area contributed by atoms with Crippen molar-refractivity contribution >= 4 is 0 Å². The van der Waals surface area contributed by atoms with Gasteiger partial charge in [-0.2, -0.15) is 0 Å². The van der Waals surface area contributed by atoms with Gasteiger partial charge in [0, 0.05) is 5.41 Å². The monoisotopic (exact) mass is 631 g/mol. The Bertz CT molecular complexity index is 117. The van der Waals surface area contributed by atoms with Gasteiger partial charge in [0.05, 0.1) is 20.5 Å². The second-order valence-corrected chi connectivity index (χ2v) is 3.55. The smallest absolute Gasteiger partial charge is 0.185 e. The van der Waals surface area contributed by atoms with Crippen LogP contribution in [0.4, 0.5) is 22.0 Å². The van der Waals surface area contributed by atoms with E-state index in [1.54, 1.807) is 20.8 Å². The van der Waals surface area contributed by atoms with Crippen LogP contribution in [0, 0.1) is 5.41 Å². The standard InChI is InChI=1S/C6H12F2.C3H7F.CH3FO.CH3F.6CH4.Rf/c1-5(8)6(2,3)4-7;1-2-3-4;2-1-3;1-2;;;;;;;/h5H,4H2,1-3H3;2-3H2,1H3;3H,1H2;1H3;6*1H4;. The molecule has 1 N–H and O–H groups in total. The van der Waals surface area contributed by atoms with E-state index < -0.39 is 25.1 Å². The van der Waals surface area contributed by atoms with Crippen molar-refractivity contribution in [1.82, 2.24) is 0 Å². The van der Waals surface area contributed by atoms with Crippen LogP contribution in [-0.2, 0) is 0 Å². The van der Waals surface area contributed by atoms with Gasteiger partial charge < -0.3 is 5.11 Å². The summed E-state index contributed by atoms with van der Waals surface area (Å²) in [6.07, 6.45) is -0.410. The molecule has 0 aromatic heterocycles. The Kier molecular flexibility index (Phi) is 222. The Morgan fingerprint density at radius 1 is 0.875 bits per heavy atom. The molecule has 0 amide bonds. The molecule has 160 valence electrons. The van der Waals surface area contributed by atoms with Crippen LogP contribution in [0.2, 0.25) is 0 Å². The second-order valence-electron chi connectivity index (χ2n) is 3.55. The minimum Gasteiger partial charge on any atom is -0.366 e. The third-order valence-electron chi connectivity index (χ3n) is 1.61. The minimum absolute atomic E-state index is 0. The van der Waals surface area contributed by atoms with Crippen molar-refractivity contribution in [2.24, 2.45) is 5.41 Å². The summed E-state index contributed by atoms with van der Waals surface area (Å²) < 4.78 is 54.1. The number of rotatable bonds is 3. The molecule has 1 atom stereocenters. The molecule has 1 nitrogen and oxygen atoms in total. The van der Waals surface area contributed by atoms with Gasteiger partial charge >= 0.3 is 0 Å². The molecule has 0 aliphatic rings. The second kappa shape index (κ2) is 68.1. The van der Waals surface area contributed by atoms with Crippen LogP contribution >= 0.6 is 0 Å². The van der Waals surface area contributed by atoms with Gasteiger partial charge in [0.1, 0.15) is 6.17 Å². The van der Waals surface area contributed by atoms with Crippen molar-refractivity contribution in [3.63, 3.8) is 0 Å². The number of hydrogen-bond donors (Lipinski definition) is 1. The maximum Gasteiger partial charge on any atom is 0.185 e. The topological polar surface area (TPSA) is 20.2 Å². The van der Waals surface area contributed by atoms with E-state index in [2.05, 4.69) is 0 Å². The largest absolute Gasteiger partial charge is 0.366 e. The summed E-state index contributed by atoms with van der Waals surface area (Å²) in [4.78, 5) is 0. The third kappa shape index (κ3) is 107. The average Bonchev–Trinajstić information content (AvgIpc) is 2.33. The van der Waals surface area contributed by atoms with Gasteiger partial charge in [-0.05, 0) is 13.3 Å². The van der Waals surface area contributed by atoms with Crippen LogP contribution in [0.25, 0.3) is 0 Å². The molecule has 0 bridgehead atoms. The van der Waals surface area contributed by atoms with Crippen LogP contribution in [0.3, 0.4) is 0 Å². The molecular formula is C17H49F5ORf. The summed E-state index contributed by atoms with van der Waals surface area (Å²) >= 11 is 0. The first-order valence-electron chi connectivity index (χ1n) is 5.14. The summed E-state index contributed by atoms with van der Waals surface area (Å²) in [6.45, 7) is 4.29. The van der Waals surface area contributed by atoms with E-state index in [0.717, 1.165) is 0 Å². The van der Waals surface area contributed by atoms with E-state index >= 15 is 0 Å². The van der Waals surface area contributed by atoms with Gasteiger partial charge in [0.2, 0.25) is 0 Å². The van der Waals surface area contributed by atoms with Gasteiger partial charge in [-0.25, -0.2) is 8.78 Å². The Labute approximate surface area is 145 Å². The van der Waals surface area contributed by atoms with Crippen molar-refractivity contribution in [2.45, 2.75) is 84.8 Å². The summed E-state index contributed by atoms with van der Waals surface area (Å²) in [6, 6.07) is 0. The average molecular weight is 632 g/mol. The predicted octanol–water partition coefficient (Wildman–Crippen LogP) is 8.01. The van der Waals surface area contributed by atoms with Crippen molar-refractivity contribution in [1.29, 1.82) is 0 Å². The minimum atomic E-state index is -1.25. The molecule has 0 aliphatic heterocycles. The summed E-state index contributed by atoms with van der Waals surface area (Å²) in [5.41, 5.74) is -0.792. The molecule has 0 radical (unpaired) electrons. The van der Waals surface area contributed by atoms with Crippen LogP contribution in [0.15, 0.2) is 0 Å². The van der Waals surface area contributed by atoms with Gasteiger partial charge in [0.25, 0.3) is 0 Å². The van der Waals surface area contributed by atoms with E-state index in [0.29, 0.717) is 13.6 Å². The molecule has 24 heavy (non-hydrogen) atoms. The summed E-state index contributed by atoms with van der Waals surface area (Å²) in [5.74, 6) is 0. The Balaban J connectivity index is -0.0000000105. The van der Waals surface area contributed by atoms with Gasteiger partial charge in [-0.3, -0.25) is 13.2 Å². The maximum absolute atomic E-state index is 12.2. The molecule has 0 fully saturated rings. The normalized spacial score (nSPS) is 7.62. The molecular weight excluding hydrogens is 582 g/mol. The third-order valence-corrected chi connectivity index (χ3v) is 1.61. The van der Waals surface area contributed by atoms with E-state index in [1.165, 1.54) is 6.92 Å². The number of alkyl halides is 5. The van der Waals surface area contributed by atoms with Gasteiger partial charge in [-0.15, -0.1) is 0 Å². The molecule has 0 saturated carbocycles. The zero-order valence-electron chi connectivity index (χ0n) is 11.9. The van der Waals surface area contributed by atoms with Crippen LogP contribution in [0.5, 0.6) is 0 Å². The first-order chi connectivity index (χ1) is 7.83.